The number of nitrogens with one attached hydrogen (secondary N) is 1. The highest BCUT2D eigenvalue weighted by Gasteiger charge is 2.39. The van der Waals surface area contributed by atoms with Crippen molar-refractivity contribution in [1.29, 1.82) is 0 Å². The van der Waals surface area contributed by atoms with E-state index in [1.165, 1.54) is 35.4 Å². The Labute approximate surface area is 200 Å². The molecular weight excluding hydrogens is 414 g/mol. The highest BCUT2D eigenvalue weighted by atomic mass is 14.8. The van der Waals surface area contributed by atoms with Crippen molar-refractivity contribution in [2.75, 3.05) is 0 Å². The van der Waals surface area contributed by atoms with Gasteiger partial charge in [-0.15, -0.1) is 0 Å². The number of aromatic amines is 1. The maximum absolute atomic E-state index is 5.29. The van der Waals surface area contributed by atoms with Crippen molar-refractivity contribution in [3.63, 3.8) is 0 Å². The van der Waals surface area contributed by atoms with Gasteiger partial charge in [-0.3, -0.25) is 4.98 Å². The number of H-pyrrole nitrogens is 1. The van der Waals surface area contributed by atoms with Gasteiger partial charge >= 0.3 is 0 Å². The summed E-state index contributed by atoms with van der Waals surface area (Å²) in [5, 5.41) is 0. The maximum Gasteiger partial charge on any atom is 0.0658 e. The zero-order chi connectivity index (χ0) is 22.5. The molecule has 7 rings (SSSR count). The number of hydrogen-bond acceptors (Lipinski definition) is 2. The zero-order valence-electron chi connectivity index (χ0n) is 19.4. The minimum Gasteiger partial charge on any atom is -0.355 e. The van der Waals surface area contributed by atoms with Crippen molar-refractivity contribution in [3.8, 4) is 0 Å². The van der Waals surface area contributed by atoms with E-state index in [-0.39, 0.29) is 0 Å². The van der Waals surface area contributed by atoms with Gasteiger partial charge in [-0.1, -0.05) is 35.9 Å². The molecule has 1 fully saturated rings. The molecule has 34 heavy (non-hydrogen) atoms. The largest absolute Gasteiger partial charge is 0.355 e. The average molecular weight is 444 g/mol. The Bertz CT molecular complexity index is 1440. The highest BCUT2D eigenvalue weighted by molar-refractivity contribution is 5.73. The van der Waals surface area contributed by atoms with Crippen LogP contribution in [-0.4, -0.2) is 15.0 Å². The Morgan fingerprint density at radius 3 is 2.41 bits per heavy atom. The summed E-state index contributed by atoms with van der Waals surface area (Å²) in [4.78, 5) is 13.7. The SMILES string of the molecule is C1=CCC2C[C@@H]3c4cc5ccc(cc6nc(cc7ccc(cc(n4)[C@@H]3CC2=C1)CCC7)C=C6)[nH]5. The monoisotopic (exact) mass is 443 g/mol. The predicted octanol–water partition coefficient (Wildman–Crippen LogP) is 7.22. The number of fused-ring (bicyclic) bond motifs is 13. The molecule has 1 unspecified atom stereocenters. The normalized spacial score (nSPS) is 24.0. The molecule has 2 aromatic heterocycles. The second-order valence-electron chi connectivity index (χ2n) is 10.3. The molecule has 5 aliphatic rings. The molecule has 0 aromatic carbocycles. The van der Waals surface area contributed by atoms with Crippen LogP contribution in [0.2, 0.25) is 0 Å². The van der Waals surface area contributed by atoms with E-state index in [4.69, 9.17) is 9.97 Å². The van der Waals surface area contributed by atoms with Gasteiger partial charge in [0.15, 0.2) is 0 Å². The highest BCUT2D eigenvalue weighted by Crippen LogP contribution is 2.52. The van der Waals surface area contributed by atoms with Gasteiger partial charge in [0.25, 0.3) is 0 Å². The Morgan fingerprint density at radius 1 is 0.765 bits per heavy atom. The summed E-state index contributed by atoms with van der Waals surface area (Å²) in [6.45, 7) is 0. The van der Waals surface area contributed by atoms with Gasteiger partial charge in [0, 0.05) is 34.3 Å². The molecule has 3 heteroatoms. The van der Waals surface area contributed by atoms with E-state index in [2.05, 4.69) is 83.9 Å². The van der Waals surface area contributed by atoms with Gasteiger partial charge in [-0.25, -0.2) is 4.98 Å². The minimum absolute atomic E-state index is 0.490. The standard InChI is InChI=1S/C31H29N3/c1-2-7-23-17-29-28(16-22(23)6-1)30-15-21-5-3-4-20(8-9-21)14-24-10-11-25(32-24)18-26-12-13-27(33-26)19-31(29)34-30/h1-2,6,8-15,18-19,23,28-29,33H,3-5,7,16-17H2/t23?,28-,29+/m1/s1. The molecule has 0 radical (unpaired) electrons. The summed E-state index contributed by atoms with van der Waals surface area (Å²) in [7, 11) is 0. The molecule has 2 aromatic rings. The zero-order valence-corrected chi connectivity index (χ0v) is 19.4. The maximum atomic E-state index is 5.29. The smallest absolute Gasteiger partial charge is 0.0658 e. The molecule has 1 saturated carbocycles. The summed E-state index contributed by atoms with van der Waals surface area (Å²) in [6.07, 6.45) is 18.0. The summed E-state index contributed by atoms with van der Waals surface area (Å²) in [6, 6.07) is 18.0. The predicted molar refractivity (Wildman–Crippen MR) is 139 cm³/mol. The van der Waals surface area contributed by atoms with Gasteiger partial charge in [0.2, 0.25) is 0 Å². The van der Waals surface area contributed by atoms with Crippen LogP contribution in [0.5, 0.6) is 0 Å². The van der Waals surface area contributed by atoms with Crippen LogP contribution in [0.25, 0.3) is 23.2 Å². The van der Waals surface area contributed by atoms with Crippen LogP contribution >= 0.6 is 0 Å². The third-order valence-electron chi connectivity index (χ3n) is 8.02. The van der Waals surface area contributed by atoms with E-state index in [9.17, 15) is 0 Å². The van der Waals surface area contributed by atoms with Crippen molar-refractivity contribution in [1.82, 2.24) is 15.0 Å². The van der Waals surface area contributed by atoms with Crippen molar-refractivity contribution in [2.24, 2.45) is 5.92 Å². The first kappa shape index (κ1) is 20.0. The second-order valence-corrected chi connectivity index (χ2v) is 10.3. The lowest BCUT2D eigenvalue weighted by Crippen LogP contribution is -2.22. The van der Waals surface area contributed by atoms with Crippen molar-refractivity contribution < 1.29 is 0 Å². The topological polar surface area (TPSA) is 41.6 Å². The molecule has 4 heterocycles. The van der Waals surface area contributed by atoms with Crippen LogP contribution in [0.1, 0.15) is 71.4 Å². The number of nitrogens with zero attached hydrogens (tertiary/aromatic N) is 2. The van der Waals surface area contributed by atoms with Gasteiger partial charge in [0.1, 0.15) is 0 Å². The van der Waals surface area contributed by atoms with Crippen LogP contribution in [0.15, 0.2) is 72.3 Å². The van der Waals surface area contributed by atoms with E-state index in [0.717, 1.165) is 48.1 Å². The van der Waals surface area contributed by atoms with Crippen LogP contribution in [0, 0.1) is 5.92 Å². The number of aromatic nitrogens is 3. The van der Waals surface area contributed by atoms with Crippen LogP contribution in [-0.2, 0) is 12.8 Å². The van der Waals surface area contributed by atoms with E-state index < -0.39 is 0 Å². The molecule has 1 N–H and O–H groups in total. The summed E-state index contributed by atoms with van der Waals surface area (Å²) in [5.74, 6) is 1.66. The third-order valence-corrected chi connectivity index (χ3v) is 8.02. The van der Waals surface area contributed by atoms with E-state index in [1.807, 2.05) is 0 Å². The first-order chi connectivity index (χ1) is 16.8. The summed E-state index contributed by atoms with van der Waals surface area (Å²) >= 11 is 0. The lowest BCUT2D eigenvalue weighted by atomic mass is 9.68. The Hall–Kier alpha value is -3.46. The number of rotatable bonds is 0. The van der Waals surface area contributed by atoms with E-state index >= 15 is 0 Å². The summed E-state index contributed by atoms with van der Waals surface area (Å²) in [5.41, 5.74) is 11.1. The molecule has 3 atom stereocenters. The molecule has 3 nitrogen and oxygen atoms in total. The molecule has 0 saturated heterocycles. The fourth-order valence-electron chi connectivity index (χ4n) is 6.27. The second kappa shape index (κ2) is 8.09. The quantitative estimate of drug-likeness (QED) is 0.398. The molecule has 2 aliphatic heterocycles. The lowest BCUT2D eigenvalue weighted by Gasteiger charge is -2.35. The average Bonchev–Trinajstić information content (AvgIpc) is 3.51. The summed E-state index contributed by atoms with van der Waals surface area (Å²) < 4.78 is 0. The first-order valence-corrected chi connectivity index (χ1v) is 12.7. The van der Waals surface area contributed by atoms with Gasteiger partial charge in [-0.2, -0.15) is 0 Å². The Balaban J connectivity index is 1.44. The van der Waals surface area contributed by atoms with Gasteiger partial charge < -0.3 is 4.98 Å². The molecule has 0 amide bonds. The molecule has 3 aliphatic carbocycles. The van der Waals surface area contributed by atoms with Crippen LogP contribution in [0.4, 0.5) is 0 Å². The van der Waals surface area contributed by atoms with E-state index in [1.54, 1.807) is 5.57 Å². The van der Waals surface area contributed by atoms with Crippen molar-refractivity contribution in [3.05, 3.63) is 106 Å². The van der Waals surface area contributed by atoms with Crippen LogP contribution in [0.3, 0.4) is 0 Å². The Morgan fingerprint density at radius 2 is 1.53 bits per heavy atom. The Kier molecular flexibility index (Phi) is 4.75. The number of allylic oxidation sites excluding steroid dienone is 4. The number of aryl methyl sites for hydroxylation is 2. The van der Waals surface area contributed by atoms with Gasteiger partial charge in [0.05, 0.1) is 11.4 Å². The van der Waals surface area contributed by atoms with E-state index in [0.29, 0.717) is 17.8 Å². The molecular formula is C31H29N3. The third kappa shape index (κ3) is 3.69. The molecule has 8 bridgehead atoms. The minimum atomic E-state index is 0.490. The van der Waals surface area contributed by atoms with Crippen molar-refractivity contribution in [2.45, 2.75) is 50.4 Å². The van der Waals surface area contributed by atoms with Gasteiger partial charge in [-0.05, 0) is 104 Å². The van der Waals surface area contributed by atoms with Crippen molar-refractivity contribution >= 4 is 23.2 Å². The lowest BCUT2D eigenvalue weighted by molar-refractivity contribution is 0.373. The van der Waals surface area contributed by atoms with Crippen LogP contribution < -0.4 is 0 Å². The first-order valence-electron chi connectivity index (χ1n) is 12.7. The fraction of sp³-hybridized carbons (Fsp3) is 0.290. The fourth-order valence-corrected chi connectivity index (χ4v) is 6.27. The number of hydrogen-bond donors (Lipinski definition) is 1. The molecule has 168 valence electrons. The molecule has 0 spiro atoms.